The number of alkyl halides is 3. The smallest absolute Gasteiger partial charge is 0.417 e. The largest absolute Gasteiger partial charge is 0.472 e. The molecule has 0 N–H and O–H groups in total. The fourth-order valence-electron chi connectivity index (χ4n) is 4.96. The van der Waals surface area contributed by atoms with Gasteiger partial charge in [0.25, 0.3) is 5.91 Å². The van der Waals surface area contributed by atoms with Crippen molar-refractivity contribution in [2.75, 3.05) is 6.54 Å². The molecule has 0 spiro atoms. The molecule has 2 fully saturated rings. The van der Waals surface area contributed by atoms with Gasteiger partial charge < -0.3 is 9.64 Å². The maximum absolute atomic E-state index is 13.7. The fraction of sp³-hybridized carbons (Fsp3) is 0.400. The molecule has 3 atom stereocenters. The number of ether oxygens (including phenoxy) is 1. The summed E-state index contributed by atoms with van der Waals surface area (Å²) in [7, 11) is 1.83. The molecule has 1 saturated heterocycles. The minimum absolute atomic E-state index is 0.123. The van der Waals surface area contributed by atoms with Gasteiger partial charge in [-0.15, -0.1) is 0 Å². The predicted molar refractivity (Wildman–Crippen MR) is 122 cm³/mol. The summed E-state index contributed by atoms with van der Waals surface area (Å²) in [5.74, 6) is 0.241. The van der Waals surface area contributed by atoms with Crippen molar-refractivity contribution in [1.82, 2.24) is 19.7 Å². The Balaban J connectivity index is 1.59. The van der Waals surface area contributed by atoms with Crippen molar-refractivity contribution >= 4 is 11.5 Å². The Morgan fingerprint density at radius 3 is 2.56 bits per heavy atom. The maximum atomic E-state index is 13.7. The molecule has 1 amide bonds. The number of carbonyl (C=O) groups excluding carboxylic acids is 1. The minimum atomic E-state index is -4.45. The second-order valence-corrected chi connectivity index (χ2v) is 8.73. The van der Waals surface area contributed by atoms with Crippen LogP contribution in [0.25, 0.3) is 5.57 Å². The summed E-state index contributed by atoms with van der Waals surface area (Å²) >= 11 is 0. The van der Waals surface area contributed by atoms with Crippen LogP contribution in [0.2, 0.25) is 0 Å². The van der Waals surface area contributed by atoms with E-state index in [-0.39, 0.29) is 29.9 Å². The number of nitrogens with zero attached hydrogens (tertiary/aromatic N) is 4. The van der Waals surface area contributed by atoms with Crippen LogP contribution in [0.1, 0.15) is 36.6 Å². The summed E-state index contributed by atoms with van der Waals surface area (Å²) in [5, 5.41) is 4.30. The van der Waals surface area contributed by atoms with E-state index in [1.165, 1.54) is 6.07 Å². The second-order valence-electron chi connectivity index (χ2n) is 8.73. The molecule has 3 unspecified atom stereocenters. The molecule has 3 heterocycles. The van der Waals surface area contributed by atoms with Crippen LogP contribution in [0.5, 0.6) is 5.88 Å². The maximum Gasteiger partial charge on any atom is 0.417 e. The lowest BCUT2D eigenvalue weighted by atomic mass is 9.99. The summed E-state index contributed by atoms with van der Waals surface area (Å²) in [4.78, 5) is 19.3. The van der Waals surface area contributed by atoms with Crippen LogP contribution >= 0.6 is 0 Å². The molecule has 2 bridgehead atoms. The molecule has 6 nitrogen and oxygen atoms in total. The van der Waals surface area contributed by atoms with Crippen LogP contribution in [0.15, 0.2) is 54.9 Å². The van der Waals surface area contributed by atoms with Crippen molar-refractivity contribution in [3.63, 3.8) is 0 Å². The quantitative estimate of drug-likeness (QED) is 0.451. The molecule has 34 heavy (non-hydrogen) atoms. The van der Waals surface area contributed by atoms with E-state index < -0.39 is 11.7 Å². The number of hydrogen-bond acceptors (Lipinski definition) is 4. The third kappa shape index (κ3) is 4.38. The lowest BCUT2D eigenvalue weighted by Crippen LogP contribution is -2.47. The van der Waals surface area contributed by atoms with Gasteiger partial charge in [0, 0.05) is 37.0 Å². The van der Waals surface area contributed by atoms with Gasteiger partial charge in [0.15, 0.2) is 0 Å². The third-order valence-electron chi connectivity index (χ3n) is 6.46. The highest BCUT2D eigenvalue weighted by atomic mass is 19.4. The Hall–Kier alpha value is -3.36. The number of pyridine rings is 1. The number of likely N-dealkylation sites (tertiary alicyclic amines) is 1. The van der Waals surface area contributed by atoms with Crippen molar-refractivity contribution in [2.45, 2.75) is 45.0 Å². The molecule has 4 rings (SSSR count). The molecule has 2 aromatic rings. The number of carbonyl (C=O) groups is 1. The first kappa shape index (κ1) is 23.8. The number of rotatable bonds is 6. The number of allylic oxidation sites excluding steroid dienone is 3. The van der Waals surface area contributed by atoms with E-state index in [0.717, 1.165) is 41.9 Å². The van der Waals surface area contributed by atoms with E-state index in [4.69, 9.17) is 4.74 Å². The van der Waals surface area contributed by atoms with Crippen molar-refractivity contribution in [3.8, 4) is 5.88 Å². The number of aryl methyl sites for hydroxylation is 2. The standard InChI is InChI=1S/C25H27F3N4O2/c1-5-7-19(23-15(3)12-30-31(23)4)18(6-2)24(33)32-14-16-10-20(32)21(11-16)34-22-9-8-17(13-29-22)25(26,27)28/h5-9,12-13,16,20-21H,2,10-11,14H2,1,3-4H3/b7-5-,19-18-. The summed E-state index contributed by atoms with van der Waals surface area (Å²) in [6.07, 6.45) is 4.57. The second kappa shape index (κ2) is 9.12. The number of halogens is 3. The molecule has 9 heteroatoms. The van der Waals surface area contributed by atoms with Crippen molar-refractivity contribution in [3.05, 3.63) is 71.7 Å². The molecule has 2 aliphatic rings. The Morgan fingerprint density at radius 1 is 1.26 bits per heavy atom. The highest BCUT2D eigenvalue weighted by molar-refractivity contribution is 6.06. The van der Waals surface area contributed by atoms with Crippen molar-refractivity contribution in [2.24, 2.45) is 13.0 Å². The van der Waals surface area contributed by atoms with Gasteiger partial charge in [-0.3, -0.25) is 9.48 Å². The summed E-state index contributed by atoms with van der Waals surface area (Å²) in [6, 6.07) is 2.00. The Labute approximate surface area is 196 Å². The summed E-state index contributed by atoms with van der Waals surface area (Å²) < 4.78 is 46.1. The van der Waals surface area contributed by atoms with Gasteiger partial charge in [-0.25, -0.2) is 4.98 Å². The average molecular weight is 473 g/mol. The molecule has 1 aliphatic heterocycles. The topological polar surface area (TPSA) is 60.3 Å². The van der Waals surface area contributed by atoms with Crippen molar-refractivity contribution in [1.29, 1.82) is 0 Å². The predicted octanol–water partition coefficient (Wildman–Crippen LogP) is 4.73. The molecule has 1 saturated carbocycles. The number of piperidine rings is 1. The lowest BCUT2D eigenvalue weighted by Gasteiger charge is -2.33. The number of aromatic nitrogens is 3. The zero-order chi connectivity index (χ0) is 24.6. The van der Waals surface area contributed by atoms with Crippen LogP contribution < -0.4 is 4.74 Å². The Kier molecular flexibility index (Phi) is 6.38. The summed E-state index contributed by atoms with van der Waals surface area (Å²) in [5.41, 5.74) is 2.17. The molecular weight excluding hydrogens is 445 g/mol. The van der Waals surface area contributed by atoms with Crippen LogP contribution in [0.4, 0.5) is 13.2 Å². The Bertz CT molecular complexity index is 1130. The highest BCUT2D eigenvalue weighted by Crippen LogP contribution is 2.41. The van der Waals surface area contributed by atoms with Gasteiger partial charge in [0.2, 0.25) is 5.88 Å². The molecule has 180 valence electrons. The van der Waals surface area contributed by atoms with Gasteiger partial charge in [-0.2, -0.15) is 18.3 Å². The van der Waals surface area contributed by atoms with Crippen LogP contribution in [-0.4, -0.2) is 44.3 Å². The molecule has 1 aliphatic carbocycles. The Morgan fingerprint density at radius 2 is 2.03 bits per heavy atom. The third-order valence-corrected chi connectivity index (χ3v) is 6.46. The van der Waals surface area contributed by atoms with Gasteiger partial charge in [-0.1, -0.05) is 24.8 Å². The fourth-order valence-corrected chi connectivity index (χ4v) is 4.96. The van der Waals surface area contributed by atoms with Crippen molar-refractivity contribution < 1.29 is 22.7 Å². The lowest BCUT2D eigenvalue weighted by molar-refractivity contribution is -0.138. The number of fused-ring (bicyclic) bond motifs is 2. The van der Waals surface area contributed by atoms with Crippen LogP contribution in [0, 0.1) is 12.8 Å². The van der Waals surface area contributed by atoms with E-state index in [1.807, 2.05) is 33.0 Å². The van der Waals surface area contributed by atoms with Crippen LogP contribution in [-0.2, 0) is 18.0 Å². The number of hydrogen-bond donors (Lipinski definition) is 0. The first-order chi connectivity index (χ1) is 16.1. The molecule has 0 aromatic carbocycles. The minimum Gasteiger partial charge on any atom is -0.472 e. The van der Waals surface area contributed by atoms with Gasteiger partial charge in [0.1, 0.15) is 6.10 Å². The zero-order valence-corrected chi connectivity index (χ0v) is 19.3. The molecular formula is C25H27F3N4O2. The van der Waals surface area contributed by atoms with Gasteiger partial charge in [0.05, 0.1) is 23.5 Å². The van der Waals surface area contributed by atoms with E-state index in [0.29, 0.717) is 12.1 Å². The SMILES string of the molecule is C=C/C(C(=O)N1CC2CC(Oc3ccc(C(F)(F)F)cn3)C1C2)=C(\C=C/C)c1c(C)cnn1C. The summed E-state index contributed by atoms with van der Waals surface area (Å²) in [6.45, 7) is 8.33. The molecule has 2 aromatic heterocycles. The first-order valence-electron chi connectivity index (χ1n) is 11.1. The number of amides is 1. The van der Waals surface area contributed by atoms with E-state index in [1.54, 1.807) is 21.9 Å². The average Bonchev–Trinajstić information content (AvgIpc) is 3.47. The van der Waals surface area contributed by atoms with E-state index >= 15 is 0 Å². The molecule has 0 radical (unpaired) electrons. The zero-order valence-electron chi connectivity index (χ0n) is 19.3. The van der Waals surface area contributed by atoms with E-state index in [9.17, 15) is 18.0 Å². The van der Waals surface area contributed by atoms with E-state index in [2.05, 4.69) is 16.7 Å². The van der Waals surface area contributed by atoms with Crippen LogP contribution in [0.3, 0.4) is 0 Å². The first-order valence-corrected chi connectivity index (χ1v) is 11.1. The monoisotopic (exact) mass is 472 g/mol. The normalized spacial score (nSPS) is 22.9. The highest BCUT2D eigenvalue weighted by Gasteiger charge is 2.49. The van der Waals surface area contributed by atoms with Gasteiger partial charge in [-0.05, 0) is 44.2 Å². The van der Waals surface area contributed by atoms with Gasteiger partial charge >= 0.3 is 6.18 Å².